The molecule has 0 aliphatic heterocycles. The van der Waals surface area contributed by atoms with E-state index in [9.17, 15) is 4.79 Å². The van der Waals surface area contributed by atoms with E-state index in [1.54, 1.807) is 22.7 Å². The van der Waals surface area contributed by atoms with E-state index in [-0.39, 0.29) is 18.5 Å². The Kier molecular flexibility index (Phi) is 4.07. The minimum Gasteiger partial charge on any atom is -0.347 e. The number of carbonyl (C=O) groups excluding carboxylic acids is 1. The summed E-state index contributed by atoms with van der Waals surface area (Å²) in [6.07, 6.45) is 0. The summed E-state index contributed by atoms with van der Waals surface area (Å²) < 4.78 is 0. The normalized spacial score (nSPS) is 12.2. The van der Waals surface area contributed by atoms with E-state index >= 15 is 0 Å². The molecule has 3 aromatic heterocycles. The Morgan fingerprint density at radius 2 is 2.33 bits per heavy atom. The van der Waals surface area contributed by atoms with Crippen LogP contribution in [0.5, 0.6) is 0 Å². The van der Waals surface area contributed by atoms with Gasteiger partial charge in [-0.05, 0) is 35.0 Å². The van der Waals surface area contributed by atoms with Crippen molar-refractivity contribution in [1.82, 2.24) is 25.5 Å². The lowest BCUT2D eigenvalue weighted by atomic mass is 10.3. The first kappa shape index (κ1) is 13.9. The lowest BCUT2D eigenvalue weighted by Gasteiger charge is -2.11. The van der Waals surface area contributed by atoms with Crippen LogP contribution in [0.4, 0.5) is 0 Å². The largest absolute Gasteiger partial charge is 0.347 e. The van der Waals surface area contributed by atoms with E-state index < -0.39 is 0 Å². The Balaban J connectivity index is 1.60. The minimum atomic E-state index is -0.134. The number of carbonyl (C=O) groups is 1. The van der Waals surface area contributed by atoms with Crippen LogP contribution in [-0.2, 0) is 11.3 Å². The molecule has 1 amide bonds. The number of rotatable bonds is 5. The molecule has 0 fully saturated rings. The zero-order chi connectivity index (χ0) is 14.7. The first-order valence-electron chi connectivity index (χ1n) is 6.35. The molecule has 8 heteroatoms. The molecule has 3 rings (SSSR count). The first-order chi connectivity index (χ1) is 10.2. The predicted molar refractivity (Wildman–Crippen MR) is 82.0 cm³/mol. The number of thiophene rings is 2. The van der Waals surface area contributed by atoms with Gasteiger partial charge in [-0.3, -0.25) is 4.79 Å². The van der Waals surface area contributed by atoms with Gasteiger partial charge in [0.2, 0.25) is 11.7 Å². The third kappa shape index (κ3) is 3.34. The summed E-state index contributed by atoms with van der Waals surface area (Å²) in [6, 6.07) is 5.87. The van der Waals surface area contributed by atoms with Crippen LogP contribution >= 0.6 is 22.7 Å². The Hall–Kier alpha value is -2.06. The van der Waals surface area contributed by atoms with E-state index in [1.807, 2.05) is 41.3 Å². The predicted octanol–water partition coefficient (Wildman–Crippen LogP) is 2.34. The maximum Gasteiger partial charge on any atom is 0.244 e. The van der Waals surface area contributed by atoms with Crippen molar-refractivity contribution >= 4 is 28.6 Å². The molecule has 0 aromatic carbocycles. The molecule has 0 saturated carbocycles. The Bertz CT molecular complexity index is 705. The van der Waals surface area contributed by atoms with Gasteiger partial charge in [-0.1, -0.05) is 6.07 Å². The molecule has 0 bridgehead atoms. The van der Waals surface area contributed by atoms with Crippen molar-refractivity contribution in [2.45, 2.75) is 19.5 Å². The van der Waals surface area contributed by atoms with Crippen molar-refractivity contribution in [3.63, 3.8) is 0 Å². The highest BCUT2D eigenvalue weighted by Crippen LogP contribution is 2.18. The molecular weight excluding hydrogens is 306 g/mol. The molecule has 0 spiro atoms. The molecule has 3 aromatic rings. The van der Waals surface area contributed by atoms with Crippen LogP contribution in [0.3, 0.4) is 0 Å². The van der Waals surface area contributed by atoms with Gasteiger partial charge < -0.3 is 5.32 Å². The van der Waals surface area contributed by atoms with Crippen molar-refractivity contribution in [1.29, 1.82) is 0 Å². The number of nitrogens with one attached hydrogen (secondary N) is 1. The number of hydrogen-bond donors (Lipinski definition) is 1. The van der Waals surface area contributed by atoms with Crippen molar-refractivity contribution in [2.75, 3.05) is 0 Å². The molecule has 1 N–H and O–H groups in total. The molecule has 0 radical (unpaired) electrons. The van der Waals surface area contributed by atoms with Gasteiger partial charge in [0.1, 0.15) is 6.54 Å². The summed E-state index contributed by atoms with van der Waals surface area (Å²) in [7, 11) is 0. The molecule has 108 valence electrons. The van der Waals surface area contributed by atoms with Crippen LogP contribution in [0.25, 0.3) is 11.4 Å². The van der Waals surface area contributed by atoms with Crippen LogP contribution in [0.15, 0.2) is 34.3 Å². The third-order valence-corrected chi connectivity index (χ3v) is 4.60. The second kappa shape index (κ2) is 6.15. The number of aromatic nitrogens is 4. The fourth-order valence-corrected chi connectivity index (χ4v) is 3.21. The molecule has 0 aliphatic carbocycles. The molecule has 1 atom stereocenters. The minimum absolute atomic E-state index is 0.0163. The van der Waals surface area contributed by atoms with Gasteiger partial charge in [0.05, 0.1) is 6.04 Å². The Labute approximate surface area is 129 Å². The summed E-state index contributed by atoms with van der Waals surface area (Å²) in [5.41, 5.74) is 0.915. The summed E-state index contributed by atoms with van der Waals surface area (Å²) in [5, 5.41) is 20.9. The van der Waals surface area contributed by atoms with Crippen LogP contribution in [0.1, 0.15) is 17.8 Å². The quantitative estimate of drug-likeness (QED) is 0.783. The maximum absolute atomic E-state index is 12.0. The molecule has 21 heavy (non-hydrogen) atoms. The second-order valence-corrected chi connectivity index (χ2v) is 6.22. The monoisotopic (exact) mass is 319 g/mol. The summed E-state index contributed by atoms with van der Waals surface area (Å²) in [5.74, 6) is 0.403. The summed E-state index contributed by atoms with van der Waals surface area (Å²) in [4.78, 5) is 14.4. The van der Waals surface area contributed by atoms with E-state index in [2.05, 4.69) is 20.7 Å². The highest BCUT2D eigenvalue weighted by molar-refractivity contribution is 7.10. The number of amides is 1. The van der Waals surface area contributed by atoms with Gasteiger partial charge in [0.25, 0.3) is 0 Å². The Morgan fingerprint density at radius 1 is 1.43 bits per heavy atom. The van der Waals surface area contributed by atoms with Crippen molar-refractivity contribution in [3.05, 3.63) is 39.2 Å². The lowest BCUT2D eigenvalue weighted by Crippen LogP contribution is -2.30. The van der Waals surface area contributed by atoms with E-state index in [0.717, 1.165) is 10.4 Å². The summed E-state index contributed by atoms with van der Waals surface area (Å²) in [6.45, 7) is 2.02. The van der Waals surface area contributed by atoms with Gasteiger partial charge in [-0.2, -0.15) is 16.1 Å². The average Bonchev–Trinajstić information content (AvgIpc) is 3.21. The highest BCUT2D eigenvalue weighted by Gasteiger charge is 2.13. The van der Waals surface area contributed by atoms with E-state index in [1.165, 1.54) is 4.80 Å². The zero-order valence-corrected chi connectivity index (χ0v) is 12.9. The van der Waals surface area contributed by atoms with Crippen molar-refractivity contribution in [3.8, 4) is 11.4 Å². The van der Waals surface area contributed by atoms with E-state index in [0.29, 0.717) is 5.82 Å². The van der Waals surface area contributed by atoms with Gasteiger partial charge >= 0.3 is 0 Å². The van der Waals surface area contributed by atoms with Crippen LogP contribution in [0, 0.1) is 0 Å². The topological polar surface area (TPSA) is 72.7 Å². The maximum atomic E-state index is 12.0. The number of tetrazole rings is 1. The second-order valence-electron chi connectivity index (χ2n) is 4.46. The molecule has 0 saturated heterocycles. The summed E-state index contributed by atoms with van der Waals surface area (Å²) >= 11 is 3.19. The van der Waals surface area contributed by atoms with Gasteiger partial charge in [0.15, 0.2) is 0 Å². The van der Waals surface area contributed by atoms with Crippen molar-refractivity contribution < 1.29 is 4.79 Å². The smallest absolute Gasteiger partial charge is 0.244 e. The highest BCUT2D eigenvalue weighted by atomic mass is 32.1. The van der Waals surface area contributed by atoms with Gasteiger partial charge in [0, 0.05) is 15.8 Å². The van der Waals surface area contributed by atoms with Gasteiger partial charge in [-0.25, -0.2) is 0 Å². The van der Waals surface area contributed by atoms with Crippen molar-refractivity contribution in [2.24, 2.45) is 0 Å². The molecule has 6 nitrogen and oxygen atoms in total. The molecule has 3 heterocycles. The number of hydrogen-bond acceptors (Lipinski definition) is 6. The van der Waals surface area contributed by atoms with Crippen LogP contribution < -0.4 is 5.32 Å². The molecule has 0 unspecified atom stereocenters. The van der Waals surface area contributed by atoms with Gasteiger partial charge in [-0.15, -0.1) is 21.5 Å². The van der Waals surface area contributed by atoms with E-state index in [4.69, 9.17) is 0 Å². The van der Waals surface area contributed by atoms with Crippen LogP contribution in [0.2, 0.25) is 0 Å². The SMILES string of the molecule is C[C@H](NC(=O)Cn1nnc(-c2ccsc2)n1)c1cccs1. The fourth-order valence-electron chi connectivity index (χ4n) is 1.84. The average molecular weight is 319 g/mol. The third-order valence-electron chi connectivity index (χ3n) is 2.86. The lowest BCUT2D eigenvalue weighted by molar-refractivity contribution is -0.122. The Morgan fingerprint density at radius 3 is 3.05 bits per heavy atom. The van der Waals surface area contributed by atoms with Crippen LogP contribution in [-0.4, -0.2) is 26.1 Å². The number of nitrogens with zero attached hydrogens (tertiary/aromatic N) is 4. The molecule has 0 aliphatic rings. The first-order valence-corrected chi connectivity index (χ1v) is 8.18. The standard InChI is InChI=1S/C13H13N5OS2/c1-9(11-3-2-5-21-11)14-12(19)7-18-16-13(15-17-18)10-4-6-20-8-10/h2-6,8-9H,7H2,1H3,(H,14,19)/t9-/m0/s1. The zero-order valence-electron chi connectivity index (χ0n) is 11.3. The fraction of sp³-hybridized carbons (Fsp3) is 0.231. The molecular formula is C13H13N5OS2.